The van der Waals surface area contributed by atoms with E-state index < -0.39 is 6.10 Å². The van der Waals surface area contributed by atoms with Gasteiger partial charge in [-0.1, -0.05) is 24.3 Å². The highest BCUT2D eigenvalue weighted by atomic mass is 19.1. The molecule has 1 atom stereocenters. The van der Waals surface area contributed by atoms with Gasteiger partial charge in [0.15, 0.2) is 0 Å². The topological polar surface area (TPSA) is 23.5 Å². The molecule has 0 saturated carbocycles. The molecule has 2 rings (SSSR count). The van der Waals surface area contributed by atoms with Crippen molar-refractivity contribution in [3.05, 3.63) is 65.5 Å². The second-order valence-electron chi connectivity index (χ2n) is 4.75. The highest BCUT2D eigenvalue weighted by molar-refractivity contribution is 5.47. The third kappa shape index (κ3) is 3.55. The number of benzene rings is 2. The first-order valence-electron chi connectivity index (χ1n) is 6.30. The molecule has 0 radical (unpaired) electrons. The van der Waals surface area contributed by atoms with E-state index in [1.54, 1.807) is 19.1 Å². The van der Waals surface area contributed by atoms with E-state index >= 15 is 0 Å². The van der Waals surface area contributed by atoms with E-state index in [1.807, 2.05) is 42.3 Å². The van der Waals surface area contributed by atoms with Crippen LogP contribution in [0.1, 0.15) is 24.2 Å². The minimum atomic E-state index is -0.456. The van der Waals surface area contributed by atoms with Crippen LogP contribution in [0.15, 0.2) is 48.5 Å². The first kappa shape index (κ1) is 13.6. The lowest BCUT2D eigenvalue weighted by atomic mass is 10.1. The van der Waals surface area contributed by atoms with Crippen LogP contribution in [0, 0.1) is 5.82 Å². The smallest absolute Gasteiger partial charge is 0.123 e. The zero-order chi connectivity index (χ0) is 13.8. The molecule has 2 aromatic rings. The van der Waals surface area contributed by atoms with Gasteiger partial charge in [0, 0.05) is 19.3 Å². The number of anilines is 1. The van der Waals surface area contributed by atoms with Crippen LogP contribution in [0.4, 0.5) is 10.1 Å². The minimum absolute atomic E-state index is 0.213. The van der Waals surface area contributed by atoms with E-state index in [0.717, 1.165) is 16.8 Å². The monoisotopic (exact) mass is 259 g/mol. The maximum Gasteiger partial charge on any atom is 0.123 e. The highest BCUT2D eigenvalue weighted by Crippen LogP contribution is 2.19. The summed E-state index contributed by atoms with van der Waals surface area (Å²) in [4.78, 5) is 2.04. The van der Waals surface area contributed by atoms with E-state index in [-0.39, 0.29) is 5.82 Å². The molecule has 0 aliphatic carbocycles. The second kappa shape index (κ2) is 5.85. The largest absolute Gasteiger partial charge is 0.389 e. The van der Waals surface area contributed by atoms with Crippen molar-refractivity contribution in [2.45, 2.75) is 19.6 Å². The van der Waals surface area contributed by atoms with Gasteiger partial charge in [0.1, 0.15) is 5.82 Å². The molecule has 0 aliphatic rings. The van der Waals surface area contributed by atoms with Crippen LogP contribution in [0.25, 0.3) is 0 Å². The Hall–Kier alpha value is -1.87. The molecule has 0 heterocycles. The first-order valence-corrected chi connectivity index (χ1v) is 6.30. The number of hydrogen-bond acceptors (Lipinski definition) is 2. The van der Waals surface area contributed by atoms with Crippen molar-refractivity contribution in [2.75, 3.05) is 11.9 Å². The molecule has 3 heteroatoms. The number of aliphatic hydroxyl groups is 1. The molecular weight excluding hydrogens is 241 g/mol. The SMILES string of the molecule is C[C@H](O)c1ccc(N(C)Cc2cccc(F)c2)cc1. The Morgan fingerprint density at radius 1 is 1.16 bits per heavy atom. The molecule has 0 aromatic heterocycles. The molecule has 0 spiro atoms. The van der Waals surface area contributed by atoms with Crippen molar-refractivity contribution in [1.29, 1.82) is 0 Å². The molecule has 2 aromatic carbocycles. The Labute approximate surface area is 113 Å². The predicted octanol–water partition coefficient (Wildman–Crippen LogP) is 3.52. The summed E-state index contributed by atoms with van der Waals surface area (Å²) in [6, 6.07) is 14.3. The molecule has 100 valence electrons. The molecule has 1 N–H and O–H groups in total. The number of rotatable bonds is 4. The zero-order valence-corrected chi connectivity index (χ0v) is 11.2. The van der Waals surface area contributed by atoms with Crippen LogP contribution in [-0.2, 0) is 6.54 Å². The lowest BCUT2D eigenvalue weighted by molar-refractivity contribution is 0.199. The maximum absolute atomic E-state index is 13.1. The van der Waals surface area contributed by atoms with Crippen LogP contribution in [-0.4, -0.2) is 12.2 Å². The van der Waals surface area contributed by atoms with E-state index in [9.17, 15) is 9.50 Å². The fourth-order valence-electron chi connectivity index (χ4n) is 2.01. The standard InChI is InChI=1S/C16H18FNO/c1-12(19)14-6-8-16(9-7-14)18(2)11-13-4-3-5-15(17)10-13/h3-10,12,19H,11H2,1-2H3/t12-/m0/s1. The van der Waals surface area contributed by atoms with Crippen molar-refractivity contribution in [3.63, 3.8) is 0 Å². The van der Waals surface area contributed by atoms with Crippen molar-refractivity contribution in [3.8, 4) is 0 Å². The third-order valence-corrected chi connectivity index (χ3v) is 3.13. The number of nitrogens with zero attached hydrogens (tertiary/aromatic N) is 1. The fourth-order valence-corrected chi connectivity index (χ4v) is 2.01. The van der Waals surface area contributed by atoms with Gasteiger partial charge in [-0.2, -0.15) is 0 Å². The molecule has 19 heavy (non-hydrogen) atoms. The Balaban J connectivity index is 2.09. The van der Waals surface area contributed by atoms with Crippen LogP contribution in [0.3, 0.4) is 0 Å². The summed E-state index contributed by atoms with van der Waals surface area (Å²) in [6.45, 7) is 2.39. The average molecular weight is 259 g/mol. The normalized spacial score (nSPS) is 12.2. The van der Waals surface area contributed by atoms with Gasteiger partial charge < -0.3 is 10.0 Å². The van der Waals surface area contributed by atoms with Gasteiger partial charge in [0.05, 0.1) is 6.10 Å². The van der Waals surface area contributed by atoms with Crippen molar-refractivity contribution < 1.29 is 9.50 Å². The molecule has 0 fully saturated rings. The van der Waals surface area contributed by atoms with E-state index in [4.69, 9.17) is 0 Å². The average Bonchev–Trinajstić information content (AvgIpc) is 2.39. The van der Waals surface area contributed by atoms with Gasteiger partial charge in [-0.05, 0) is 42.3 Å². The van der Waals surface area contributed by atoms with E-state index in [1.165, 1.54) is 6.07 Å². The summed E-state index contributed by atoms with van der Waals surface area (Å²) in [5.74, 6) is -0.213. The number of hydrogen-bond donors (Lipinski definition) is 1. The Bertz CT molecular complexity index is 537. The van der Waals surface area contributed by atoms with E-state index in [0.29, 0.717) is 6.54 Å². The summed E-state index contributed by atoms with van der Waals surface area (Å²) in [5.41, 5.74) is 2.86. The van der Waals surface area contributed by atoms with Gasteiger partial charge >= 0.3 is 0 Å². The van der Waals surface area contributed by atoms with Crippen LogP contribution >= 0.6 is 0 Å². The Morgan fingerprint density at radius 2 is 1.84 bits per heavy atom. The second-order valence-corrected chi connectivity index (χ2v) is 4.75. The first-order chi connectivity index (χ1) is 9.06. The minimum Gasteiger partial charge on any atom is -0.389 e. The lowest BCUT2D eigenvalue weighted by Gasteiger charge is -2.20. The van der Waals surface area contributed by atoms with Crippen LogP contribution in [0.5, 0.6) is 0 Å². The van der Waals surface area contributed by atoms with Gasteiger partial charge in [0.25, 0.3) is 0 Å². The quantitative estimate of drug-likeness (QED) is 0.908. The molecule has 0 bridgehead atoms. The molecule has 0 amide bonds. The number of halogens is 1. The third-order valence-electron chi connectivity index (χ3n) is 3.13. The maximum atomic E-state index is 13.1. The van der Waals surface area contributed by atoms with E-state index in [2.05, 4.69) is 0 Å². The molecular formula is C16H18FNO. The summed E-state index contributed by atoms with van der Waals surface area (Å²) in [6.07, 6.45) is -0.456. The van der Waals surface area contributed by atoms with Gasteiger partial charge in [0.2, 0.25) is 0 Å². The summed E-state index contributed by atoms with van der Waals surface area (Å²) in [5, 5.41) is 9.46. The molecule has 0 saturated heterocycles. The Morgan fingerprint density at radius 3 is 2.42 bits per heavy atom. The highest BCUT2D eigenvalue weighted by Gasteiger charge is 2.05. The molecule has 0 unspecified atom stereocenters. The summed E-state index contributed by atoms with van der Waals surface area (Å²) >= 11 is 0. The van der Waals surface area contributed by atoms with Crippen LogP contribution < -0.4 is 4.90 Å². The fraction of sp³-hybridized carbons (Fsp3) is 0.250. The Kier molecular flexibility index (Phi) is 4.17. The van der Waals surface area contributed by atoms with Crippen molar-refractivity contribution >= 4 is 5.69 Å². The summed E-state index contributed by atoms with van der Waals surface area (Å²) < 4.78 is 13.1. The predicted molar refractivity (Wildman–Crippen MR) is 75.6 cm³/mol. The van der Waals surface area contributed by atoms with Gasteiger partial charge in [-0.15, -0.1) is 0 Å². The van der Waals surface area contributed by atoms with Gasteiger partial charge in [-0.25, -0.2) is 4.39 Å². The molecule has 2 nitrogen and oxygen atoms in total. The number of aliphatic hydroxyl groups excluding tert-OH is 1. The van der Waals surface area contributed by atoms with Crippen molar-refractivity contribution in [2.24, 2.45) is 0 Å². The van der Waals surface area contributed by atoms with Crippen LogP contribution in [0.2, 0.25) is 0 Å². The van der Waals surface area contributed by atoms with Gasteiger partial charge in [-0.3, -0.25) is 0 Å². The summed E-state index contributed by atoms with van der Waals surface area (Å²) in [7, 11) is 1.96. The van der Waals surface area contributed by atoms with Crippen molar-refractivity contribution in [1.82, 2.24) is 0 Å². The molecule has 0 aliphatic heterocycles. The zero-order valence-electron chi connectivity index (χ0n) is 11.2. The lowest BCUT2D eigenvalue weighted by Crippen LogP contribution is -2.16.